The molecule has 0 atom stereocenters. The molecule has 1 N–H and O–H groups in total. The number of benzene rings is 1. The molecule has 0 unspecified atom stereocenters. The van der Waals surface area contributed by atoms with Crippen LogP contribution in [0.1, 0.15) is 5.69 Å². The molecule has 0 bridgehead atoms. The van der Waals surface area contributed by atoms with Crippen LogP contribution in [0.5, 0.6) is 5.75 Å². The fourth-order valence-corrected chi connectivity index (χ4v) is 1.86. The third kappa shape index (κ3) is 3.64. The summed E-state index contributed by atoms with van der Waals surface area (Å²) >= 11 is 1.62. The molecule has 0 aliphatic heterocycles. The Morgan fingerprint density at radius 2 is 2.12 bits per heavy atom. The molecular formula is C12H14N2OS. The van der Waals surface area contributed by atoms with Gasteiger partial charge in [0.1, 0.15) is 12.4 Å². The van der Waals surface area contributed by atoms with Gasteiger partial charge in [-0.25, -0.2) is 4.98 Å². The van der Waals surface area contributed by atoms with Crippen molar-refractivity contribution >= 4 is 11.3 Å². The van der Waals surface area contributed by atoms with Gasteiger partial charge in [-0.3, -0.25) is 0 Å². The van der Waals surface area contributed by atoms with Crippen LogP contribution in [0.2, 0.25) is 0 Å². The van der Waals surface area contributed by atoms with E-state index >= 15 is 0 Å². The van der Waals surface area contributed by atoms with Crippen molar-refractivity contribution in [1.29, 1.82) is 0 Å². The minimum atomic E-state index is 0.675. The molecule has 0 saturated heterocycles. The maximum Gasteiger partial charge on any atom is 0.119 e. The molecule has 0 saturated carbocycles. The Balaban J connectivity index is 1.59. The summed E-state index contributed by atoms with van der Waals surface area (Å²) in [4.78, 5) is 4.19. The first kappa shape index (κ1) is 11.1. The quantitative estimate of drug-likeness (QED) is 0.779. The van der Waals surface area contributed by atoms with E-state index < -0.39 is 0 Å². The van der Waals surface area contributed by atoms with Gasteiger partial charge in [-0.1, -0.05) is 18.2 Å². The number of thiazole rings is 1. The minimum Gasteiger partial charge on any atom is -0.492 e. The maximum atomic E-state index is 5.55. The summed E-state index contributed by atoms with van der Waals surface area (Å²) < 4.78 is 5.55. The smallest absolute Gasteiger partial charge is 0.119 e. The largest absolute Gasteiger partial charge is 0.492 e. The molecule has 1 aromatic heterocycles. The standard InChI is InChI=1S/C12H14N2OS/c1-2-4-12(5-3-1)15-7-6-13-8-11-9-16-10-14-11/h1-5,9-10,13H,6-8H2. The first-order chi connectivity index (χ1) is 7.95. The van der Waals surface area contributed by atoms with Crippen LogP contribution in [0, 0.1) is 0 Å². The van der Waals surface area contributed by atoms with Gasteiger partial charge in [0.25, 0.3) is 0 Å². The van der Waals surface area contributed by atoms with Gasteiger partial charge in [0, 0.05) is 18.5 Å². The molecule has 0 fully saturated rings. The van der Waals surface area contributed by atoms with Crippen LogP contribution < -0.4 is 10.1 Å². The molecule has 0 amide bonds. The van der Waals surface area contributed by atoms with Crippen molar-refractivity contribution in [2.24, 2.45) is 0 Å². The Morgan fingerprint density at radius 1 is 1.25 bits per heavy atom. The predicted molar refractivity (Wildman–Crippen MR) is 65.8 cm³/mol. The Kier molecular flexibility index (Phi) is 4.34. The van der Waals surface area contributed by atoms with Crippen LogP contribution in [0.4, 0.5) is 0 Å². The Bertz CT molecular complexity index is 389. The number of aromatic nitrogens is 1. The Hall–Kier alpha value is -1.39. The molecule has 4 heteroatoms. The van der Waals surface area contributed by atoms with E-state index in [1.54, 1.807) is 11.3 Å². The summed E-state index contributed by atoms with van der Waals surface area (Å²) in [7, 11) is 0. The number of hydrogen-bond acceptors (Lipinski definition) is 4. The van der Waals surface area contributed by atoms with Crippen LogP contribution in [0.15, 0.2) is 41.2 Å². The van der Waals surface area contributed by atoms with Crippen molar-refractivity contribution < 1.29 is 4.74 Å². The Labute approximate surface area is 99.1 Å². The third-order valence-electron chi connectivity index (χ3n) is 2.08. The molecular weight excluding hydrogens is 220 g/mol. The molecule has 1 heterocycles. The van der Waals surface area contributed by atoms with Crippen molar-refractivity contribution in [2.75, 3.05) is 13.2 Å². The number of ether oxygens (including phenoxy) is 1. The summed E-state index contributed by atoms with van der Waals surface area (Å²) in [5, 5.41) is 5.32. The van der Waals surface area contributed by atoms with Gasteiger partial charge in [-0.2, -0.15) is 0 Å². The number of rotatable bonds is 6. The van der Waals surface area contributed by atoms with Crippen molar-refractivity contribution in [2.45, 2.75) is 6.54 Å². The lowest BCUT2D eigenvalue weighted by atomic mass is 10.3. The zero-order valence-electron chi connectivity index (χ0n) is 8.93. The molecule has 0 aliphatic rings. The minimum absolute atomic E-state index is 0.675. The fourth-order valence-electron chi connectivity index (χ4n) is 1.30. The summed E-state index contributed by atoms with van der Waals surface area (Å²) in [5.74, 6) is 0.915. The van der Waals surface area contributed by atoms with Gasteiger partial charge in [0.15, 0.2) is 0 Å². The van der Waals surface area contributed by atoms with Crippen molar-refractivity contribution in [1.82, 2.24) is 10.3 Å². The lowest BCUT2D eigenvalue weighted by Gasteiger charge is -2.06. The van der Waals surface area contributed by atoms with E-state index in [1.165, 1.54) is 0 Å². The summed E-state index contributed by atoms with van der Waals surface area (Å²) in [6.45, 7) is 2.31. The zero-order chi connectivity index (χ0) is 11.1. The number of hydrogen-bond donors (Lipinski definition) is 1. The molecule has 0 spiro atoms. The van der Waals surface area contributed by atoms with E-state index in [2.05, 4.69) is 10.3 Å². The van der Waals surface area contributed by atoms with Crippen molar-refractivity contribution in [3.63, 3.8) is 0 Å². The van der Waals surface area contributed by atoms with Gasteiger partial charge >= 0.3 is 0 Å². The van der Waals surface area contributed by atoms with E-state index in [1.807, 2.05) is 41.2 Å². The molecule has 2 rings (SSSR count). The van der Waals surface area contributed by atoms with Gasteiger partial charge in [-0.15, -0.1) is 11.3 Å². The second-order valence-electron chi connectivity index (χ2n) is 3.32. The van der Waals surface area contributed by atoms with E-state index in [-0.39, 0.29) is 0 Å². The van der Waals surface area contributed by atoms with Crippen molar-refractivity contribution in [3.05, 3.63) is 46.9 Å². The predicted octanol–water partition coefficient (Wildman–Crippen LogP) is 2.31. The van der Waals surface area contributed by atoms with E-state index in [9.17, 15) is 0 Å². The highest BCUT2D eigenvalue weighted by Crippen LogP contribution is 2.07. The van der Waals surface area contributed by atoms with Gasteiger partial charge < -0.3 is 10.1 Å². The monoisotopic (exact) mass is 234 g/mol. The van der Waals surface area contributed by atoms with Crippen molar-refractivity contribution in [3.8, 4) is 5.75 Å². The van der Waals surface area contributed by atoms with Crippen LogP contribution in [-0.4, -0.2) is 18.1 Å². The van der Waals surface area contributed by atoms with Crippen LogP contribution in [0.25, 0.3) is 0 Å². The zero-order valence-corrected chi connectivity index (χ0v) is 9.74. The molecule has 0 radical (unpaired) electrons. The summed E-state index contributed by atoms with van der Waals surface area (Å²) in [6.07, 6.45) is 0. The van der Waals surface area contributed by atoms with Crippen LogP contribution in [0.3, 0.4) is 0 Å². The van der Waals surface area contributed by atoms with Crippen LogP contribution >= 0.6 is 11.3 Å². The highest BCUT2D eigenvalue weighted by Gasteiger charge is 1.94. The van der Waals surface area contributed by atoms with E-state index in [4.69, 9.17) is 4.74 Å². The van der Waals surface area contributed by atoms with Gasteiger partial charge in [-0.05, 0) is 12.1 Å². The highest BCUT2D eigenvalue weighted by atomic mass is 32.1. The van der Waals surface area contributed by atoms with Crippen LogP contribution in [-0.2, 0) is 6.54 Å². The molecule has 1 aromatic carbocycles. The molecule has 0 aliphatic carbocycles. The normalized spacial score (nSPS) is 10.2. The van der Waals surface area contributed by atoms with Gasteiger partial charge in [0.2, 0.25) is 0 Å². The van der Waals surface area contributed by atoms with Gasteiger partial charge in [0.05, 0.1) is 11.2 Å². The number of nitrogens with one attached hydrogen (secondary N) is 1. The summed E-state index contributed by atoms with van der Waals surface area (Å²) in [5.41, 5.74) is 2.93. The number of para-hydroxylation sites is 1. The Morgan fingerprint density at radius 3 is 2.88 bits per heavy atom. The second kappa shape index (κ2) is 6.25. The lowest BCUT2D eigenvalue weighted by molar-refractivity contribution is 0.313. The molecule has 84 valence electrons. The topological polar surface area (TPSA) is 34.1 Å². The lowest BCUT2D eigenvalue weighted by Crippen LogP contribution is -2.20. The summed E-state index contributed by atoms with van der Waals surface area (Å²) in [6, 6.07) is 9.84. The average molecular weight is 234 g/mol. The van der Waals surface area contributed by atoms with E-state index in [0.717, 1.165) is 24.5 Å². The molecule has 2 aromatic rings. The maximum absolute atomic E-state index is 5.55. The first-order valence-electron chi connectivity index (χ1n) is 5.21. The fraction of sp³-hybridized carbons (Fsp3) is 0.250. The highest BCUT2D eigenvalue weighted by molar-refractivity contribution is 7.07. The average Bonchev–Trinajstić information content (AvgIpc) is 2.83. The number of nitrogens with zero attached hydrogens (tertiary/aromatic N) is 1. The third-order valence-corrected chi connectivity index (χ3v) is 2.72. The SMILES string of the molecule is c1ccc(OCCNCc2cscn2)cc1. The molecule has 16 heavy (non-hydrogen) atoms. The molecule has 3 nitrogen and oxygen atoms in total. The first-order valence-corrected chi connectivity index (χ1v) is 6.15. The van der Waals surface area contributed by atoms with E-state index in [0.29, 0.717) is 6.61 Å². The second-order valence-corrected chi connectivity index (χ2v) is 4.04.